The molecular weight excluding hydrogens is 565 g/mol. The van der Waals surface area contributed by atoms with E-state index in [0.717, 1.165) is 0 Å². The summed E-state index contributed by atoms with van der Waals surface area (Å²) in [5.41, 5.74) is 5.88. The molecule has 0 unspecified atom stereocenters. The number of hydrogen-bond donors (Lipinski definition) is 0. The summed E-state index contributed by atoms with van der Waals surface area (Å²) in [6.07, 6.45) is 0. The first-order valence-electron chi connectivity index (χ1n) is 16.1. The molecule has 0 amide bonds. The van der Waals surface area contributed by atoms with Crippen molar-refractivity contribution < 1.29 is 4.24 Å². The van der Waals surface area contributed by atoms with Crippen LogP contribution in [-0.4, -0.2) is 33.7 Å². The number of benzene rings is 5. The van der Waals surface area contributed by atoms with E-state index in [1.807, 2.05) is 0 Å². The molecule has 1 fully saturated rings. The molecule has 2 aliphatic heterocycles. The van der Waals surface area contributed by atoms with Gasteiger partial charge in [0.2, 0.25) is 0 Å². The Hall–Kier alpha value is -4.61. The minimum absolute atomic E-state index is 0.0972. The summed E-state index contributed by atoms with van der Waals surface area (Å²) in [6.45, 7) is 14.4. The van der Waals surface area contributed by atoms with E-state index < -0.39 is 8.00 Å². The van der Waals surface area contributed by atoms with E-state index in [1.54, 1.807) is 0 Å². The third kappa shape index (κ3) is 4.00. The van der Waals surface area contributed by atoms with E-state index in [0.29, 0.717) is 0 Å². The van der Waals surface area contributed by atoms with Gasteiger partial charge in [0.25, 0.3) is 0 Å². The Morgan fingerprint density at radius 3 is 1.42 bits per heavy atom. The fourth-order valence-corrected chi connectivity index (χ4v) is 18.4. The van der Waals surface area contributed by atoms with Gasteiger partial charge in [0.15, 0.2) is 0 Å². The van der Waals surface area contributed by atoms with Gasteiger partial charge < -0.3 is 0 Å². The Labute approximate surface area is 269 Å². The van der Waals surface area contributed by atoms with Gasteiger partial charge in [-0.05, 0) is 0 Å². The Balaban J connectivity index is 1.74. The predicted molar refractivity (Wildman–Crippen MR) is 191 cm³/mol. The molecule has 1 atom stereocenters. The van der Waals surface area contributed by atoms with Crippen LogP contribution in [0.1, 0.15) is 58.3 Å². The zero-order valence-corrected chi connectivity index (χ0v) is 28.3. The van der Waals surface area contributed by atoms with Crippen LogP contribution in [0.5, 0.6) is 0 Å². The summed E-state index contributed by atoms with van der Waals surface area (Å²) >= 11 is 0. The molecule has 2 aliphatic rings. The summed E-state index contributed by atoms with van der Waals surface area (Å²) in [5, 5.41) is 0. The SMILES string of the molecule is CC(C)(C)N1C(c2ccccc2)=[N+](C(C)(C)C)[Si-]12(N(c1ccccc1)c1ccccc1)[C@@H](c1ccccc1)N2c1ccccc1. The van der Waals surface area contributed by atoms with Crippen LogP contribution in [0, 0.1) is 0 Å². The zero-order chi connectivity index (χ0) is 31.5. The Bertz CT molecular complexity index is 1740. The molecule has 5 aromatic rings. The van der Waals surface area contributed by atoms with Gasteiger partial charge in [-0.1, -0.05) is 0 Å². The molecule has 0 aromatic heterocycles. The van der Waals surface area contributed by atoms with Crippen LogP contribution in [-0.2, 0) is 0 Å². The van der Waals surface area contributed by atoms with Crippen LogP contribution in [0.15, 0.2) is 152 Å². The molecule has 0 bridgehead atoms. The van der Waals surface area contributed by atoms with Crippen molar-refractivity contribution in [2.45, 2.75) is 58.3 Å². The molecule has 1 saturated heterocycles. The van der Waals surface area contributed by atoms with E-state index in [9.17, 15) is 0 Å². The minimum atomic E-state index is -4.04. The van der Waals surface area contributed by atoms with Gasteiger partial charge in [-0.15, -0.1) is 0 Å². The Morgan fingerprint density at radius 1 is 0.556 bits per heavy atom. The summed E-state index contributed by atoms with van der Waals surface area (Å²) in [5.74, 6) is 1.29. The number of anilines is 3. The number of nitrogens with zero attached hydrogens (tertiary/aromatic N) is 4. The first-order chi connectivity index (χ1) is 21.6. The van der Waals surface area contributed by atoms with Crippen molar-refractivity contribution in [3.63, 3.8) is 0 Å². The monoisotopic (exact) mass is 608 g/mol. The predicted octanol–water partition coefficient (Wildman–Crippen LogP) is 9.39. The van der Waals surface area contributed by atoms with Gasteiger partial charge in [0.05, 0.1) is 0 Å². The molecule has 0 N–H and O–H groups in total. The molecule has 4 nitrogen and oxygen atoms in total. The standard InChI is InChI=1S/C40H44N4Si/c1-39(2,3)43-37(32-22-12-7-13-23-32)44(40(4,5)6)45(43,41(34-26-16-9-17-27-34)35-28-18-10-19-29-35)38(33-24-14-8-15-25-33)42(45)36-30-20-11-21-31-36/h7-31,38H,1-6H3/t38-,42?/m0/s1. The number of amidine groups is 1. The van der Waals surface area contributed by atoms with E-state index in [-0.39, 0.29) is 16.7 Å². The van der Waals surface area contributed by atoms with E-state index in [4.69, 9.17) is 0 Å². The number of hydrogen-bond acceptors (Lipinski definition) is 3. The molecule has 0 radical (unpaired) electrons. The maximum atomic E-state index is 2.87. The molecule has 5 aromatic carbocycles. The topological polar surface area (TPSA) is 12.5 Å². The van der Waals surface area contributed by atoms with Crippen LogP contribution in [0.4, 0.5) is 17.1 Å². The summed E-state index contributed by atoms with van der Waals surface area (Å²) in [6, 6.07) is 55.5. The van der Waals surface area contributed by atoms with Crippen molar-refractivity contribution in [1.29, 1.82) is 0 Å². The van der Waals surface area contributed by atoms with Gasteiger partial charge in [-0.2, -0.15) is 0 Å². The molecule has 0 aliphatic carbocycles. The normalized spacial score (nSPS) is 19.4. The van der Waals surface area contributed by atoms with Crippen LogP contribution in [0.2, 0.25) is 0 Å². The number of para-hydroxylation sites is 3. The van der Waals surface area contributed by atoms with Gasteiger partial charge in [0.1, 0.15) is 0 Å². The van der Waals surface area contributed by atoms with Crippen molar-refractivity contribution in [2.75, 3.05) is 9.13 Å². The van der Waals surface area contributed by atoms with Crippen LogP contribution >= 0.6 is 0 Å². The fourth-order valence-electron chi connectivity index (χ4n) is 8.44. The maximum absolute atomic E-state index is 4.04. The summed E-state index contributed by atoms with van der Waals surface area (Å²) in [7, 11) is -4.04. The van der Waals surface area contributed by atoms with Gasteiger partial charge in [0, 0.05) is 0 Å². The van der Waals surface area contributed by atoms with Crippen molar-refractivity contribution in [1.82, 2.24) is 4.57 Å². The molecule has 5 heteroatoms. The second-order valence-electron chi connectivity index (χ2n) is 14.3. The van der Waals surface area contributed by atoms with E-state index in [2.05, 4.69) is 211 Å². The Morgan fingerprint density at radius 2 is 0.978 bits per heavy atom. The Kier molecular flexibility index (Phi) is 6.61. The molecule has 1 spiro atoms. The average Bonchev–Trinajstić information content (AvgIpc) is 3.68. The molecule has 2 heterocycles. The first-order valence-corrected chi connectivity index (χ1v) is 18.5. The molecular formula is C40H44N4Si. The quantitative estimate of drug-likeness (QED) is 0.141. The third-order valence-corrected chi connectivity index (χ3v) is 17.0. The second kappa shape index (κ2) is 10.2. The molecule has 0 saturated carbocycles. The van der Waals surface area contributed by atoms with Crippen molar-refractivity contribution in [3.8, 4) is 0 Å². The van der Waals surface area contributed by atoms with Gasteiger partial charge in [-0.25, -0.2) is 0 Å². The van der Waals surface area contributed by atoms with Crippen molar-refractivity contribution in [2.24, 2.45) is 0 Å². The second-order valence-corrected chi connectivity index (χ2v) is 18.9. The van der Waals surface area contributed by atoms with Crippen LogP contribution in [0.25, 0.3) is 0 Å². The van der Waals surface area contributed by atoms with Crippen LogP contribution in [0.3, 0.4) is 0 Å². The van der Waals surface area contributed by atoms with E-state index >= 15 is 0 Å². The van der Waals surface area contributed by atoms with Gasteiger partial charge >= 0.3 is 270 Å². The molecule has 7 rings (SSSR count). The van der Waals surface area contributed by atoms with Gasteiger partial charge in [-0.3, -0.25) is 0 Å². The summed E-state index contributed by atoms with van der Waals surface area (Å²) in [4.78, 5) is 0. The number of rotatable bonds is 6. The zero-order valence-electron chi connectivity index (χ0n) is 27.3. The van der Waals surface area contributed by atoms with Crippen LogP contribution < -0.4 is 9.13 Å². The first kappa shape index (κ1) is 29.1. The average molecular weight is 609 g/mol. The molecule has 45 heavy (non-hydrogen) atoms. The van der Waals surface area contributed by atoms with Crippen molar-refractivity contribution >= 4 is 30.9 Å². The van der Waals surface area contributed by atoms with E-state index in [1.165, 1.54) is 34.0 Å². The third-order valence-electron chi connectivity index (χ3n) is 9.40. The molecule has 228 valence electrons. The summed E-state index contributed by atoms with van der Waals surface area (Å²) < 4.78 is 11.3. The van der Waals surface area contributed by atoms with Crippen molar-refractivity contribution in [3.05, 3.63) is 163 Å². The fraction of sp³-hybridized carbons (Fsp3) is 0.225.